The lowest BCUT2D eigenvalue weighted by atomic mass is 10.2. The quantitative estimate of drug-likeness (QED) is 0.620. The SMILES string of the molecule is CCCNCc1oc(CN2CC=CCC2)cc1C. The van der Waals surface area contributed by atoms with Gasteiger partial charge in [-0.15, -0.1) is 0 Å². The van der Waals surface area contributed by atoms with E-state index in [0.717, 1.165) is 57.1 Å². The molecule has 0 fully saturated rings. The monoisotopic (exact) mass is 248 g/mol. The van der Waals surface area contributed by atoms with Crippen molar-refractivity contribution in [3.05, 3.63) is 35.3 Å². The highest BCUT2D eigenvalue weighted by Gasteiger charge is 2.12. The Morgan fingerprint density at radius 2 is 2.28 bits per heavy atom. The van der Waals surface area contributed by atoms with E-state index in [4.69, 9.17) is 4.42 Å². The number of hydrogen-bond donors (Lipinski definition) is 1. The fraction of sp³-hybridized carbons (Fsp3) is 0.600. The summed E-state index contributed by atoms with van der Waals surface area (Å²) in [5, 5.41) is 3.39. The standard InChI is InChI=1S/C15H24N2O/c1-3-7-16-11-15-13(2)10-14(18-15)12-17-8-5-4-6-9-17/h4-5,10,16H,3,6-9,11-12H2,1-2H3. The highest BCUT2D eigenvalue weighted by atomic mass is 16.3. The number of nitrogens with one attached hydrogen (secondary N) is 1. The molecule has 0 aliphatic carbocycles. The van der Waals surface area contributed by atoms with E-state index < -0.39 is 0 Å². The van der Waals surface area contributed by atoms with Crippen LogP contribution in [0.2, 0.25) is 0 Å². The Morgan fingerprint density at radius 3 is 3.00 bits per heavy atom. The van der Waals surface area contributed by atoms with Gasteiger partial charge in [-0.05, 0) is 37.9 Å². The molecule has 0 aromatic carbocycles. The van der Waals surface area contributed by atoms with Crippen molar-refractivity contribution in [3.8, 4) is 0 Å². The Bertz CT molecular complexity index is 395. The maximum absolute atomic E-state index is 5.94. The molecule has 1 aromatic heterocycles. The summed E-state index contributed by atoms with van der Waals surface area (Å²) in [6.45, 7) is 9.32. The first-order chi connectivity index (χ1) is 8.79. The molecule has 0 amide bonds. The van der Waals surface area contributed by atoms with Gasteiger partial charge in [-0.25, -0.2) is 0 Å². The smallest absolute Gasteiger partial charge is 0.120 e. The van der Waals surface area contributed by atoms with Crippen molar-refractivity contribution in [2.45, 2.75) is 39.8 Å². The number of aryl methyl sites for hydroxylation is 1. The Kier molecular flexibility index (Phi) is 5.02. The van der Waals surface area contributed by atoms with Gasteiger partial charge in [0.1, 0.15) is 11.5 Å². The van der Waals surface area contributed by atoms with Crippen molar-refractivity contribution in [3.63, 3.8) is 0 Å². The van der Waals surface area contributed by atoms with Crippen LogP contribution in [0.25, 0.3) is 0 Å². The molecule has 0 spiro atoms. The number of rotatable bonds is 6. The van der Waals surface area contributed by atoms with Gasteiger partial charge in [0, 0.05) is 13.1 Å². The van der Waals surface area contributed by atoms with E-state index in [0.29, 0.717) is 0 Å². The van der Waals surface area contributed by atoms with Gasteiger partial charge >= 0.3 is 0 Å². The van der Waals surface area contributed by atoms with Gasteiger partial charge in [0.15, 0.2) is 0 Å². The van der Waals surface area contributed by atoms with Crippen LogP contribution in [0.15, 0.2) is 22.6 Å². The first kappa shape index (κ1) is 13.4. The molecule has 1 aliphatic rings. The summed E-state index contributed by atoms with van der Waals surface area (Å²) in [4.78, 5) is 2.42. The van der Waals surface area contributed by atoms with Crippen molar-refractivity contribution in [2.75, 3.05) is 19.6 Å². The highest BCUT2D eigenvalue weighted by Crippen LogP contribution is 2.17. The first-order valence-corrected chi connectivity index (χ1v) is 6.96. The third-order valence-corrected chi connectivity index (χ3v) is 3.31. The molecular formula is C15H24N2O. The summed E-state index contributed by atoms with van der Waals surface area (Å²) in [7, 11) is 0. The Hall–Kier alpha value is -1.06. The molecule has 0 unspecified atom stereocenters. The summed E-state index contributed by atoms with van der Waals surface area (Å²) in [5.41, 5.74) is 1.26. The predicted octanol–water partition coefficient (Wildman–Crippen LogP) is 2.85. The van der Waals surface area contributed by atoms with Crippen molar-refractivity contribution >= 4 is 0 Å². The Balaban J connectivity index is 1.89. The van der Waals surface area contributed by atoms with E-state index in [1.807, 2.05) is 0 Å². The van der Waals surface area contributed by atoms with E-state index in [2.05, 4.69) is 42.3 Å². The molecule has 2 rings (SSSR count). The third kappa shape index (κ3) is 3.72. The van der Waals surface area contributed by atoms with Crippen LogP contribution in [-0.2, 0) is 13.1 Å². The van der Waals surface area contributed by atoms with Gasteiger partial charge in [-0.2, -0.15) is 0 Å². The van der Waals surface area contributed by atoms with Crippen molar-refractivity contribution in [2.24, 2.45) is 0 Å². The fourth-order valence-corrected chi connectivity index (χ4v) is 2.28. The fourth-order valence-electron chi connectivity index (χ4n) is 2.28. The van der Waals surface area contributed by atoms with Gasteiger partial charge < -0.3 is 9.73 Å². The zero-order valence-corrected chi connectivity index (χ0v) is 11.5. The average molecular weight is 248 g/mol. The second-order valence-corrected chi connectivity index (χ2v) is 4.99. The summed E-state index contributed by atoms with van der Waals surface area (Å²) < 4.78 is 5.94. The molecule has 0 bridgehead atoms. The molecule has 0 saturated heterocycles. The van der Waals surface area contributed by atoms with Gasteiger partial charge in [-0.1, -0.05) is 19.1 Å². The number of furan rings is 1. The second kappa shape index (κ2) is 6.76. The molecule has 1 aliphatic heterocycles. The Morgan fingerprint density at radius 1 is 1.39 bits per heavy atom. The maximum Gasteiger partial charge on any atom is 0.120 e. The summed E-state index contributed by atoms with van der Waals surface area (Å²) in [6.07, 6.45) is 6.81. The minimum atomic E-state index is 0.847. The Labute approximate surface area is 110 Å². The summed E-state index contributed by atoms with van der Waals surface area (Å²) in [5.74, 6) is 2.18. The van der Waals surface area contributed by atoms with E-state index in [-0.39, 0.29) is 0 Å². The molecule has 18 heavy (non-hydrogen) atoms. The molecule has 3 nitrogen and oxygen atoms in total. The largest absolute Gasteiger partial charge is 0.463 e. The molecule has 0 radical (unpaired) electrons. The lowest BCUT2D eigenvalue weighted by molar-refractivity contribution is 0.261. The van der Waals surface area contributed by atoms with Gasteiger partial charge in [-0.3, -0.25) is 4.90 Å². The van der Waals surface area contributed by atoms with Crippen LogP contribution in [0.3, 0.4) is 0 Å². The molecule has 1 aromatic rings. The van der Waals surface area contributed by atoms with Crippen LogP contribution in [0.1, 0.15) is 36.8 Å². The lowest BCUT2D eigenvalue weighted by Crippen LogP contribution is -2.26. The minimum Gasteiger partial charge on any atom is -0.463 e. The molecule has 3 heteroatoms. The average Bonchev–Trinajstić information content (AvgIpc) is 2.71. The maximum atomic E-state index is 5.94. The second-order valence-electron chi connectivity index (χ2n) is 4.99. The van der Waals surface area contributed by atoms with Gasteiger partial charge in [0.25, 0.3) is 0 Å². The van der Waals surface area contributed by atoms with E-state index in [1.165, 1.54) is 5.56 Å². The third-order valence-electron chi connectivity index (χ3n) is 3.31. The van der Waals surface area contributed by atoms with Crippen LogP contribution in [0.5, 0.6) is 0 Å². The van der Waals surface area contributed by atoms with Crippen LogP contribution >= 0.6 is 0 Å². The first-order valence-electron chi connectivity index (χ1n) is 6.96. The van der Waals surface area contributed by atoms with Crippen molar-refractivity contribution < 1.29 is 4.42 Å². The van der Waals surface area contributed by atoms with Gasteiger partial charge in [0.05, 0.1) is 13.1 Å². The van der Waals surface area contributed by atoms with Crippen molar-refractivity contribution in [1.29, 1.82) is 0 Å². The minimum absolute atomic E-state index is 0.847. The van der Waals surface area contributed by atoms with Crippen LogP contribution < -0.4 is 5.32 Å². The normalized spacial score (nSPS) is 16.3. The lowest BCUT2D eigenvalue weighted by Gasteiger charge is -2.21. The predicted molar refractivity (Wildman–Crippen MR) is 74.5 cm³/mol. The molecule has 0 saturated carbocycles. The summed E-state index contributed by atoms with van der Waals surface area (Å²) in [6, 6.07) is 2.18. The molecule has 1 N–H and O–H groups in total. The summed E-state index contributed by atoms with van der Waals surface area (Å²) >= 11 is 0. The van der Waals surface area contributed by atoms with E-state index >= 15 is 0 Å². The van der Waals surface area contributed by atoms with Crippen LogP contribution in [-0.4, -0.2) is 24.5 Å². The highest BCUT2D eigenvalue weighted by molar-refractivity contribution is 5.20. The molecule has 2 heterocycles. The zero-order valence-electron chi connectivity index (χ0n) is 11.5. The van der Waals surface area contributed by atoms with Crippen LogP contribution in [0, 0.1) is 6.92 Å². The number of hydrogen-bond acceptors (Lipinski definition) is 3. The molecule has 100 valence electrons. The number of nitrogens with zero attached hydrogens (tertiary/aromatic N) is 1. The topological polar surface area (TPSA) is 28.4 Å². The van der Waals surface area contributed by atoms with Gasteiger partial charge in [0.2, 0.25) is 0 Å². The molecular weight excluding hydrogens is 224 g/mol. The molecule has 0 atom stereocenters. The zero-order chi connectivity index (χ0) is 12.8. The van der Waals surface area contributed by atoms with Crippen LogP contribution in [0.4, 0.5) is 0 Å². The van der Waals surface area contributed by atoms with E-state index in [1.54, 1.807) is 0 Å². The van der Waals surface area contributed by atoms with Crippen molar-refractivity contribution in [1.82, 2.24) is 10.2 Å². The van der Waals surface area contributed by atoms with E-state index in [9.17, 15) is 0 Å².